The predicted octanol–water partition coefficient (Wildman–Crippen LogP) is 7.46. The molecule has 0 fully saturated rings. The fraction of sp³-hybridized carbons (Fsp3) is 0.739. The molecule has 1 rings (SSSR count). The van der Waals surface area contributed by atoms with Crippen LogP contribution in [0.1, 0.15) is 82.6 Å². The fourth-order valence-electron chi connectivity index (χ4n) is 3.39. The van der Waals surface area contributed by atoms with Crippen LogP contribution in [0, 0.1) is 6.92 Å². The number of hydrogen-bond donors (Lipinski definition) is 0. The van der Waals surface area contributed by atoms with E-state index in [2.05, 4.69) is 31.9 Å². The second-order valence-corrected chi connectivity index (χ2v) is 11.4. The highest BCUT2D eigenvalue weighted by Gasteiger charge is 2.23. The Hall–Kier alpha value is 0.0900. The van der Waals surface area contributed by atoms with Crippen LogP contribution >= 0.6 is 31.9 Å². The molecule has 0 spiro atoms. The number of aryl methyl sites for hydroxylation is 1. The largest absolute Gasteiger partial charge is 0.243 e. The van der Waals surface area contributed by atoms with Crippen molar-refractivity contribution >= 4 is 41.9 Å². The predicted molar refractivity (Wildman–Crippen MR) is 133 cm³/mol. The van der Waals surface area contributed by atoms with Crippen LogP contribution < -0.4 is 0 Å². The van der Waals surface area contributed by atoms with Crippen molar-refractivity contribution in [2.75, 3.05) is 23.7 Å². The summed E-state index contributed by atoms with van der Waals surface area (Å²) in [6.07, 6.45) is 13.9. The maximum absolute atomic E-state index is 13.2. The second kappa shape index (κ2) is 16.7. The van der Waals surface area contributed by atoms with Gasteiger partial charge < -0.3 is 0 Å². The number of rotatable bonds is 18. The lowest BCUT2D eigenvalue weighted by molar-refractivity contribution is 0.383. The molecule has 0 bridgehead atoms. The van der Waals surface area contributed by atoms with Gasteiger partial charge in [-0.1, -0.05) is 101 Å². The summed E-state index contributed by atoms with van der Waals surface area (Å²) in [5.41, 5.74) is 1.09. The molecule has 168 valence electrons. The van der Waals surface area contributed by atoms with Crippen LogP contribution in [-0.4, -0.2) is 36.5 Å². The average molecular weight is 553 g/mol. The molecular weight excluding hydrogens is 514 g/mol. The third kappa shape index (κ3) is 11.9. The second-order valence-electron chi connectivity index (χ2n) is 7.84. The van der Waals surface area contributed by atoms with Crippen molar-refractivity contribution in [1.29, 1.82) is 0 Å². The quantitative estimate of drug-likeness (QED) is 0.140. The Bertz CT molecular complexity index is 602. The monoisotopic (exact) mass is 551 g/mol. The summed E-state index contributed by atoms with van der Waals surface area (Å²) >= 11 is 6.94. The van der Waals surface area contributed by atoms with Crippen LogP contribution in [0.3, 0.4) is 0 Å². The minimum atomic E-state index is -3.40. The summed E-state index contributed by atoms with van der Waals surface area (Å²) < 4.78 is 28.1. The molecule has 0 aliphatic heterocycles. The summed E-state index contributed by atoms with van der Waals surface area (Å²) in [4.78, 5) is 0.428. The number of hydrogen-bond acceptors (Lipinski definition) is 2. The molecule has 6 heteroatoms. The number of benzene rings is 1. The molecule has 0 aliphatic carbocycles. The van der Waals surface area contributed by atoms with Gasteiger partial charge in [-0.25, -0.2) is 8.42 Å². The Morgan fingerprint density at radius 2 is 1.03 bits per heavy atom. The van der Waals surface area contributed by atoms with E-state index >= 15 is 0 Å². The molecular formula is C23H39Br2NO2S. The number of alkyl halides is 2. The van der Waals surface area contributed by atoms with E-state index in [-0.39, 0.29) is 0 Å². The zero-order valence-electron chi connectivity index (χ0n) is 18.1. The minimum absolute atomic E-state index is 0.428. The Morgan fingerprint density at radius 1 is 0.655 bits per heavy atom. The Balaban J connectivity index is 2.54. The zero-order chi connectivity index (χ0) is 21.4. The van der Waals surface area contributed by atoms with Gasteiger partial charge in [0.1, 0.15) is 0 Å². The summed E-state index contributed by atoms with van der Waals surface area (Å²) in [6.45, 7) is 3.26. The van der Waals surface area contributed by atoms with E-state index < -0.39 is 10.0 Å². The lowest BCUT2D eigenvalue weighted by Crippen LogP contribution is -2.33. The Morgan fingerprint density at radius 3 is 1.45 bits per heavy atom. The molecule has 0 aromatic heterocycles. The van der Waals surface area contributed by atoms with Crippen molar-refractivity contribution < 1.29 is 8.42 Å². The van der Waals surface area contributed by atoms with Crippen LogP contribution in [0.25, 0.3) is 0 Å². The molecule has 1 aromatic carbocycles. The third-order valence-corrected chi connectivity index (χ3v) is 8.28. The van der Waals surface area contributed by atoms with Crippen LogP contribution in [0.4, 0.5) is 0 Å². The SMILES string of the molecule is Cc1ccc(S(=O)(=O)N(CCCCCCCCBr)CCCCCCCCBr)cc1. The maximum atomic E-state index is 13.2. The number of unbranched alkanes of at least 4 members (excludes halogenated alkanes) is 10. The fourth-order valence-corrected chi connectivity index (χ4v) is 5.70. The zero-order valence-corrected chi connectivity index (χ0v) is 22.0. The summed E-state index contributed by atoms with van der Waals surface area (Å²) in [7, 11) is -3.40. The minimum Gasteiger partial charge on any atom is -0.207 e. The maximum Gasteiger partial charge on any atom is 0.243 e. The van der Waals surface area contributed by atoms with Gasteiger partial charge in [0, 0.05) is 23.7 Å². The van der Waals surface area contributed by atoms with Crippen molar-refractivity contribution in [1.82, 2.24) is 4.31 Å². The molecule has 3 nitrogen and oxygen atoms in total. The molecule has 0 amide bonds. The van der Waals surface area contributed by atoms with Crippen molar-refractivity contribution in [2.45, 2.75) is 88.9 Å². The highest BCUT2D eigenvalue weighted by Crippen LogP contribution is 2.19. The van der Waals surface area contributed by atoms with Gasteiger partial charge in [-0.15, -0.1) is 0 Å². The van der Waals surface area contributed by atoms with E-state index in [4.69, 9.17) is 0 Å². The molecule has 0 unspecified atom stereocenters. The molecule has 1 aromatic rings. The summed E-state index contributed by atoms with van der Waals surface area (Å²) in [5, 5.41) is 2.15. The van der Waals surface area contributed by atoms with Crippen LogP contribution in [-0.2, 0) is 10.0 Å². The van der Waals surface area contributed by atoms with Crippen LogP contribution in [0.15, 0.2) is 29.2 Å². The van der Waals surface area contributed by atoms with E-state index in [1.807, 2.05) is 19.1 Å². The van der Waals surface area contributed by atoms with E-state index in [9.17, 15) is 8.42 Å². The highest BCUT2D eigenvalue weighted by molar-refractivity contribution is 9.09. The van der Waals surface area contributed by atoms with E-state index in [1.54, 1.807) is 16.4 Å². The van der Waals surface area contributed by atoms with Gasteiger partial charge in [0.25, 0.3) is 0 Å². The molecule has 0 saturated carbocycles. The molecule has 0 N–H and O–H groups in total. The topological polar surface area (TPSA) is 37.4 Å². The first-order valence-electron chi connectivity index (χ1n) is 11.2. The molecule has 0 saturated heterocycles. The summed E-state index contributed by atoms with van der Waals surface area (Å²) in [5.74, 6) is 0. The Labute approximate surface area is 196 Å². The van der Waals surface area contributed by atoms with Gasteiger partial charge in [-0.3, -0.25) is 0 Å². The van der Waals surface area contributed by atoms with Crippen molar-refractivity contribution in [3.8, 4) is 0 Å². The number of halogens is 2. The van der Waals surface area contributed by atoms with E-state index in [1.165, 1.54) is 51.4 Å². The molecule has 0 aliphatic rings. The average Bonchev–Trinajstić information content (AvgIpc) is 2.71. The molecule has 0 radical (unpaired) electrons. The first kappa shape index (κ1) is 27.1. The van der Waals surface area contributed by atoms with Gasteiger partial charge >= 0.3 is 0 Å². The highest BCUT2D eigenvalue weighted by atomic mass is 79.9. The Kier molecular flexibility index (Phi) is 15.7. The van der Waals surface area contributed by atoms with E-state index in [0.717, 1.165) is 41.9 Å². The lowest BCUT2D eigenvalue weighted by atomic mass is 10.1. The van der Waals surface area contributed by atoms with Gasteiger partial charge in [0.05, 0.1) is 4.90 Å². The third-order valence-electron chi connectivity index (χ3n) is 5.24. The van der Waals surface area contributed by atoms with Gasteiger partial charge in [0.15, 0.2) is 0 Å². The molecule has 0 heterocycles. The van der Waals surface area contributed by atoms with Gasteiger partial charge in [-0.05, 0) is 44.7 Å². The molecule has 0 atom stereocenters. The lowest BCUT2D eigenvalue weighted by Gasteiger charge is -2.22. The first-order chi connectivity index (χ1) is 14.0. The van der Waals surface area contributed by atoms with E-state index in [0.29, 0.717) is 18.0 Å². The smallest absolute Gasteiger partial charge is 0.207 e. The van der Waals surface area contributed by atoms with Gasteiger partial charge in [0.2, 0.25) is 10.0 Å². The van der Waals surface area contributed by atoms with Crippen molar-refractivity contribution in [3.63, 3.8) is 0 Å². The van der Waals surface area contributed by atoms with Gasteiger partial charge in [-0.2, -0.15) is 4.31 Å². The number of sulfonamides is 1. The number of nitrogens with zero attached hydrogens (tertiary/aromatic N) is 1. The van der Waals surface area contributed by atoms with Crippen LogP contribution in [0.2, 0.25) is 0 Å². The standard InChI is InChI=1S/C23H39Br2NO2S/c1-22-14-16-23(17-15-22)29(27,28)26(20-12-8-4-2-6-10-18-24)21-13-9-5-3-7-11-19-25/h14-17H,2-13,18-21H2,1H3. The summed E-state index contributed by atoms with van der Waals surface area (Å²) in [6, 6.07) is 7.27. The normalized spacial score (nSPS) is 12.0. The van der Waals surface area contributed by atoms with Crippen molar-refractivity contribution in [2.24, 2.45) is 0 Å². The first-order valence-corrected chi connectivity index (χ1v) is 14.9. The van der Waals surface area contributed by atoms with Crippen LogP contribution in [0.5, 0.6) is 0 Å². The van der Waals surface area contributed by atoms with Crippen molar-refractivity contribution in [3.05, 3.63) is 29.8 Å². The molecule has 29 heavy (non-hydrogen) atoms.